The third-order valence-electron chi connectivity index (χ3n) is 8.22. The zero-order chi connectivity index (χ0) is 28.9. The van der Waals surface area contributed by atoms with Crippen molar-refractivity contribution in [2.45, 2.75) is 75.4 Å². The average molecular weight is 582 g/mol. The van der Waals surface area contributed by atoms with Gasteiger partial charge in [0.15, 0.2) is 11.3 Å². The first-order valence-electron chi connectivity index (χ1n) is 13.7. The highest BCUT2D eigenvalue weighted by atomic mass is 19.4. The molecule has 1 unspecified atom stereocenters. The Morgan fingerprint density at radius 3 is 2.76 bits per heavy atom. The Labute approximate surface area is 230 Å². The SMILES string of the molecule is O=C(N[C@H](c1cn2nc(CC3C[C@@H](C(F)(F)F)CNC3=O)ccc2n1)[C@@H]1CCCC(F)(F)C1)c1nonc1C1CC1. The molecule has 41 heavy (non-hydrogen) atoms. The van der Waals surface area contributed by atoms with Gasteiger partial charge < -0.3 is 10.6 Å². The number of carbonyl (C=O) groups excluding carboxylic acids is 2. The molecular weight excluding hydrogens is 553 g/mol. The maximum absolute atomic E-state index is 14.4. The van der Waals surface area contributed by atoms with Gasteiger partial charge in [-0.2, -0.15) is 18.3 Å². The van der Waals surface area contributed by atoms with Crippen LogP contribution in [0.1, 0.15) is 84.5 Å². The lowest BCUT2D eigenvalue weighted by Gasteiger charge is -2.34. The van der Waals surface area contributed by atoms with Crippen LogP contribution in [0.15, 0.2) is 23.0 Å². The summed E-state index contributed by atoms with van der Waals surface area (Å²) >= 11 is 0. The molecule has 0 aromatic carbocycles. The highest BCUT2D eigenvalue weighted by molar-refractivity contribution is 5.93. The van der Waals surface area contributed by atoms with Crippen molar-refractivity contribution < 1.29 is 36.2 Å². The number of carbonyl (C=O) groups is 2. The summed E-state index contributed by atoms with van der Waals surface area (Å²) in [6.07, 6.45) is -1.50. The van der Waals surface area contributed by atoms with Crippen molar-refractivity contribution in [2.24, 2.45) is 17.8 Å². The standard InChI is InChI=1S/C26H28F5N7O3/c27-25(28)7-1-2-14(10-25)20(34-24(40)22-21(13-3-4-13)36-41-37-22)18-12-38-19(33-18)6-5-17(35-38)9-15-8-16(26(29,30)31)11-32-23(15)39/h5-6,12-16,20H,1-4,7-11H2,(H,32,39)(H,34,40)/t14-,15?,16-,20+/m1/s1. The number of alkyl halides is 5. The quantitative estimate of drug-likeness (QED) is 0.402. The van der Waals surface area contributed by atoms with Gasteiger partial charge in [0, 0.05) is 37.6 Å². The lowest BCUT2D eigenvalue weighted by atomic mass is 9.80. The fourth-order valence-corrected chi connectivity index (χ4v) is 5.89. The summed E-state index contributed by atoms with van der Waals surface area (Å²) in [4.78, 5) is 30.1. The average Bonchev–Trinajstić information content (AvgIpc) is 3.47. The Kier molecular flexibility index (Phi) is 6.92. The predicted molar refractivity (Wildman–Crippen MR) is 131 cm³/mol. The van der Waals surface area contributed by atoms with Crippen molar-refractivity contribution in [3.05, 3.63) is 41.1 Å². The molecule has 3 aliphatic rings. The second-order valence-electron chi connectivity index (χ2n) is 11.3. The molecule has 0 bridgehead atoms. The van der Waals surface area contributed by atoms with Gasteiger partial charge in [-0.3, -0.25) is 9.59 Å². The molecule has 6 rings (SSSR count). The van der Waals surface area contributed by atoms with Crippen LogP contribution >= 0.6 is 0 Å². The van der Waals surface area contributed by atoms with Crippen LogP contribution in [-0.4, -0.2) is 55.4 Å². The normalized spacial score (nSPS) is 25.6. The summed E-state index contributed by atoms with van der Waals surface area (Å²) in [5, 5.41) is 17.2. The van der Waals surface area contributed by atoms with E-state index < -0.39 is 60.7 Å². The van der Waals surface area contributed by atoms with E-state index in [1.54, 1.807) is 12.1 Å². The highest BCUT2D eigenvalue weighted by Gasteiger charge is 2.45. The van der Waals surface area contributed by atoms with Gasteiger partial charge in [0.2, 0.25) is 11.8 Å². The second kappa shape index (κ2) is 10.3. The van der Waals surface area contributed by atoms with E-state index in [1.165, 1.54) is 10.7 Å². The molecule has 15 heteroatoms. The van der Waals surface area contributed by atoms with Gasteiger partial charge >= 0.3 is 6.18 Å². The number of fused-ring (bicyclic) bond motifs is 1. The number of piperidine rings is 1. The number of imidazole rings is 1. The van der Waals surface area contributed by atoms with Gasteiger partial charge in [-0.25, -0.2) is 22.9 Å². The van der Waals surface area contributed by atoms with E-state index in [2.05, 4.69) is 31.0 Å². The van der Waals surface area contributed by atoms with Gasteiger partial charge in [-0.15, -0.1) is 0 Å². The molecule has 3 aromatic rings. The summed E-state index contributed by atoms with van der Waals surface area (Å²) < 4.78 is 74.8. The molecule has 3 aromatic heterocycles. The first-order chi connectivity index (χ1) is 19.5. The van der Waals surface area contributed by atoms with E-state index >= 15 is 0 Å². The lowest BCUT2D eigenvalue weighted by molar-refractivity contribution is -0.183. The van der Waals surface area contributed by atoms with Crippen LogP contribution in [0.2, 0.25) is 0 Å². The van der Waals surface area contributed by atoms with Crippen LogP contribution in [0.4, 0.5) is 22.0 Å². The van der Waals surface area contributed by atoms with E-state index in [1.807, 2.05) is 0 Å². The smallest absolute Gasteiger partial charge is 0.355 e. The minimum absolute atomic E-state index is 0.0139. The summed E-state index contributed by atoms with van der Waals surface area (Å²) in [7, 11) is 0. The van der Waals surface area contributed by atoms with Crippen molar-refractivity contribution in [1.29, 1.82) is 0 Å². The summed E-state index contributed by atoms with van der Waals surface area (Å²) in [5.74, 6) is -7.03. The molecule has 1 aliphatic heterocycles. The number of hydrogen-bond acceptors (Lipinski definition) is 7. The molecule has 1 saturated heterocycles. The molecule has 10 nitrogen and oxygen atoms in total. The van der Waals surface area contributed by atoms with Crippen molar-refractivity contribution in [3.63, 3.8) is 0 Å². The van der Waals surface area contributed by atoms with Gasteiger partial charge in [-0.1, -0.05) is 5.16 Å². The molecule has 220 valence electrons. The third-order valence-corrected chi connectivity index (χ3v) is 8.22. The summed E-state index contributed by atoms with van der Waals surface area (Å²) in [6, 6.07) is 2.27. The number of nitrogens with one attached hydrogen (secondary N) is 2. The molecule has 2 amide bonds. The van der Waals surface area contributed by atoms with Crippen LogP contribution in [0.5, 0.6) is 0 Å². The molecule has 3 fully saturated rings. The zero-order valence-corrected chi connectivity index (χ0v) is 21.8. The number of amides is 2. The Balaban J connectivity index is 1.26. The fraction of sp³-hybridized carbons (Fsp3) is 0.615. The summed E-state index contributed by atoms with van der Waals surface area (Å²) in [5.41, 5.74) is 1.50. The van der Waals surface area contributed by atoms with Gasteiger partial charge in [0.1, 0.15) is 5.69 Å². The van der Waals surface area contributed by atoms with E-state index in [9.17, 15) is 31.5 Å². The van der Waals surface area contributed by atoms with E-state index in [0.29, 0.717) is 29.1 Å². The molecule has 0 spiro atoms. The first-order valence-corrected chi connectivity index (χ1v) is 13.7. The van der Waals surface area contributed by atoms with Crippen molar-refractivity contribution in [2.75, 3.05) is 6.54 Å². The largest absolute Gasteiger partial charge is 0.393 e. The fourth-order valence-electron chi connectivity index (χ4n) is 5.89. The molecule has 2 aliphatic carbocycles. The number of halogens is 5. The molecule has 2 saturated carbocycles. The number of nitrogens with zero attached hydrogens (tertiary/aromatic N) is 5. The topological polar surface area (TPSA) is 127 Å². The number of rotatable bonds is 7. The van der Waals surface area contributed by atoms with Gasteiger partial charge in [0.25, 0.3) is 5.91 Å². The minimum atomic E-state index is -4.42. The van der Waals surface area contributed by atoms with Gasteiger partial charge in [-0.05, 0) is 55.3 Å². The van der Waals surface area contributed by atoms with E-state index in [0.717, 1.165) is 12.8 Å². The predicted octanol–water partition coefficient (Wildman–Crippen LogP) is 4.14. The molecule has 0 radical (unpaired) electrons. The Morgan fingerprint density at radius 2 is 2.02 bits per heavy atom. The molecule has 4 atom stereocenters. The number of hydrogen-bond donors (Lipinski definition) is 2. The Hall–Kier alpha value is -3.65. The van der Waals surface area contributed by atoms with Crippen molar-refractivity contribution >= 4 is 17.5 Å². The Morgan fingerprint density at radius 1 is 1.22 bits per heavy atom. The van der Waals surface area contributed by atoms with E-state index in [4.69, 9.17) is 4.63 Å². The summed E-state index contributed by atoms with van der Waals surface area (Å²) in [6.45, 7) is -0.448. The van der Waals surface area contributed by atoms with Crippen LogP contribution in [0.25, 0.3) is 5.65 Å². The van der Waals surface area contributed by atoms with Crippen LogP contribution < -0.4 is 10.6 Å². The maximum Gasteiger partial charge on any atom is 0.393 e. The Bertz CT molecular complexity index is 1450. The molecular formula is C26H28F5N7O3. The second-order valence-corrected chi connectivity index (χ2v) is 11.3. The highest BCUT2D eigenvalue weighted by Crippen LogP contribution is 2.43. The van der Waals surface area contributed by atoms with Crippen molar-refractivity contribution in [1.82, 2.24) is 35.5 Å². The first kappa shape index (κ1) is 27.5. The lowest BCUT2D eigenvalue weighted by Crippen LogP contribution is -2.47. The minimum Gasteiger partial charge on any atom is -0.355 e. The van der Waals surface area contributed by atoms with Crippen LogP contribution in [-0.2, 0) is 11.2 Å². The monoisotopic (exact) mass is 581 g/mol. The molecule has 4 heterocycles. The van der Waals surface area contributed by atoms with E-state index in [-0.39, 0.29) is 37.3 Å². The molecule has 2 N–H and O–H groups in total. The van der Waals surface area contributed by atoms with Crippen molar-refractivity contribution in [3.8, 4) is 0 Å². The zero-order valence-electron chi connectivity index (χ0n) is 21.8. The number of aromatic nitrogens is 5. The van der Waals surface area contributed by atoms with Crippen LogP contribution in [0, 0.1) is 17.8 Å². The third kappa shape index (κ3) is 5.89. The van der Waals surface area contributed by atoms with Crippen LogP contribution in [0.3, 0.4) is 0 Å². The van der Waals surface area contributed by atoms with Gasteiger partial charge in [0.05, 0.1) is 29.5 Å². The maximum atomic E-state index is 14.4.